The third-order valence-electron chi connectivity index (χ3n) is 3.73. The van der Waals surface area contributed by atoms with Crippen molar-refractivity contribution in [1.82, 2.24) is 9.97 Å². The molecular weight excluding hydrogens is 322 g/mol. The molecule has 1 aromatic carbocycles. The minimum absolute atomic E-state index is 0.0360. The van der Waals surface area contributed by atoms with Gasteiger partial charge >= 0.3 is 0 Å². The summed E-state index contributed by atoms with van der Waals surface area (Å²) in [7, 11) is 0. The molecule has 0 saturated carbocycles. The third-order valence-corrected chi connectivity index (χ3v) is 3.73. The minimum atomic E-state index is -0.956. The Morgan fingerprint density at radius 2 is 1.92 bits per heavy atom. The van der Waals surface area contributed by atoms with Crippen LogP contribution in [0.4, 0.5) is 8.78 Å². The predicted molar refractivity (Wildman–Crippen MR) is 95.9 cm³/mol. The maximum atomic E-state index is 14.3. The smallest absolute Gasteiger partial charge is 0.170 e. The van der Waals surface area contributed by atoms with Gasteiger partial charge in [-0.3, -0.25) is 0 Å². The molecule has 2 rings (SSSR count). The SMILES string of the molecule is C=CCc1cnc(-c2ccc(/C=C/CCCC(C)O)c(F)c2F)nc1. The summed E-state index contributed by atoms with van der Waals surface area (Å²) in [5, 5.41) is 9.18. The van der Waals surface area contributed by atoms with Gasteiger partial charge in [0, 0.05) is 18.0 Å². The summed E-state index contributed by atoms with van der Waals surface area (Å²) in [5.74, 6) is -1.72. The summed E-state index contributed by atoms with van der Waals surface area (Å²) >= 11 is 0. The van der Waals surface area contributed by atoms with E-state index in [0.29, 0.717) is 19.3 Å². The lowest BCUT2D eigenvalue weighted by Gasteiger charge is -2.06. The van der Waals surface area contributed by atoms with Gasteiger partial charge in [-0.25, -0.2) is 18.7 Å². The van der Waals surface area contributed by atoms with Gasteiger partial charge in [-0.1, -0.05) is 24.3 Å². The number of allylic oxidation sites excluding steroid dienone is 2. The normalized spacial score (nSPS) is 12.5. The number of rotatable bonds is 8. The van der Waals surface area contributed by atoms with Gasteiger partial charge in [-0.15, -0.1) is 6.58 Å². The van der Waals surface area contributed by atoms with Crippen LogP contribution in [0.5, 0.6) is 0 Å². The molecule has 25 heavy (non-hydrogen) atoms. The molecule has 0 radical (unpaired) electrons. The highest BCUT2D eigenvalue weighted by molar-refractivity contribution is 5.61. The maximum absolute atomic E-state index is 14.3. The second kappa shape index (κ2) is 9.18. The van der Waals surface area contributed by atoms with Gasteiger partial charge in [0.2, 0.25) is 0 Å². The Kier molecular flexibility index (Phi) is 6.95. The van der Waals surface area contributed by atoms with E-state index < -0.39 is 11.6 Å². The Hall–Kier alpha value is -2.40. The number of aliphatic hydroxyl groups is 1. The number of benzene rings is 1. The van der Waals surface area contributed by atoms with Crippen LogP contribution in [0.2, 0.25) is 0 Å². The topological polar surface area (TPSA) is 46.0 Å². The molecule has 0 aliphatic heterocycles. The van der Waals surface area contributed by atoms with Crippen LogP contribution >= 0.6 is 0 Å². The first-order chi connectivity index (χ1) is 12.0. The fourth-order valence-electron chi connectivity index (χ4n) is 2.37. The number of aromatic nitrogens is 2. The van der Waals surface area contributed by atoms with E-state index in [-0.39, 0.29) is 23.1 Å². The Balaban J connectivity index is 2.13. The molecule has 0 aliphatic rings. The van der Waals surface area contributed by atoms with E-state index in [1.807, 2.05) is 0 Å². The molecule has 2 aromatic rings. The van der Waals surface area contributed by atoms with E-state index >= 15 is 0 Å². The summed E-state index contributed by atoms with van der Waals surface area (Å²) in [6.07, 6.45) is 10.7. The molecule has 132 valence electrons. The van der Waals surface area contributed by atoms with E-state index in [0.717, 1.165) is 12.0 Å². The zero-order valence-electron chi connectivity index (χ0n) is 14.3. The summed E-state index contributed by atoms with van der Waals surface area (Å²) < 4.78 is 28.6. The van der Waals surface area contributed by atoms with Crippen LogP contribution in [-0.2, 0) is 6.42 Å². The van der Waals surface area contributed by atoms with Crippen molar-refractivity contribution in [2.45, 2.75) is 38.7 Å². The predicted octanol–water partition coefficient (Wildman–Crippen LogP) is 4.71. The van der Waals surface area contributed by atoms with Crippen LogP contribution in [0.25, 0.3) is 17.5 Å². The van der Waals surface area contributed by atoms with Crippen molar-refractivity contribution in [3.8, 4) is 11.4 Å². The van der Waals surface area contributed by atoms with Crippen molar-refractivity contribution in [3.05, 3.63) is 66.0 Å². The highest BCUT2D eigenvalue weighted by atomic mass is 19.2. The second-order valence-electron chi connectivity index (χ2n) is 5.92. The van der Waals surface area contributed by atoms with Crippen LogP contribution in [0.1, 0.15) is 37.3 Å². The van der Waals surface area contributed by atoms with E-state index in [1.165, 1.54) is 12.1 Å². The van der Waals surface area contributed by atoms with Crippen LogP contribution in [0.15, 0.2) is 43.3 Å². The summed E-state index contributed by atoms with van der Waals surface area (Å²) in [5.41, 5.74) is 1.08. The van der Waals surface area contributed by atoms with Crippen LogP contribution in [0, 0.1) is 11.6 Å². The molecule has 1 heterocycles. The fourth-order valence-corrected chi connectivity index (χ4v) is 2.37. The molecule has 0 amide bonds. The molecule has 0 saturated heterocycles. The van der Waals surface area contributed by atoms with Gasteiger partial charge in [-0.2, -0.15) is 0 Å². The average Bonchev–Trinajstić information content (AvgIpc) is 2.59. The highest BCUT2D eigenvalue weighted by Crippen LogP contribution is 2.24. The number of nitrogens with zero attached hydrogens (tertiary/aromatic N) is 2. The van der Waals surface area contributed by atoms with Gasteiger partial charge in [0.05, 0.1) is 11.7 Å². The largest absolute Gasteiger partial charge is 0.393 e. The molecule has 1 N–H and O–H groups in total. The fraction of sp³-hybridized carbons (Fsp3) is 0.300. The van der Waals surface area contributed by atoms with E-state index in [4.69, 9.17) is 0 Å². The third kappa shape index (κ3) is 5.29. The quantitative estimate of drug-likeness (QED) is 0.557. The molecule has 1 aromatic heterocycles. The van der Waals surface area contributed by atoms with Crippen LogP contribution in [0.3, 0.4) is 0 Å². The number of unbranched alkanes of at least 4 members (excludes halogenated alkanes) is 1. The molecular formula is C20H22F2N2O. The van der Waals surface area contributed by atoms with Gasteiger partial charge in [0.15, 0.2) is 17.5 Å². The van der Waals surface area contributed by atoms with Crippen molar-refractivity contribution >= 4 is 6.08 Å². The Morgan fingerprint density at radius 3 is 2.56 bits per heavy atom. The average molecular weight is 344 g/mol. The Labute approximate surface area is 146 Å². The summed E-state index contributed by atoms with van der Waals surface area (Å²) in [6, 6.07) is 3.00. The molecule has 0 spiro atoms. The van der Waals surface area contributed by atoms with Gasteiger partial charge in [0.25, 0.3) is 0 Å². The standard InChI is InChI=1S/C20H22F2N2O/c1-3-7-15-12-23-20(24-13-15)17-11-10-16(18(21)19(17)22)9-6-4-5-8-14(2)25/h3,6,9-14,25H,1,4-5,7-8H2,2H3/b9-6+. The molecule has 0 bridgehead atoms. The molecule has 1 unspecified atom stereocenters. The lowest BCUT2D eigenvalue weighted by atomic mass is 10.1. The van der Waals surface area contributed by atoms with Crippen molar-refractivity contribution in [2.24, 2.45) is 0 Å². The Bertz CT molecular complexity index is 740. The molecule has 5 heteroatoms. The monoisotopic (exact) mass is 344 g/mol. The zero-order valence-corrected chi connectivity index (χ0v) is 14.3. The number of aliphatic hydroxyl groups excluding tert-OH is 1. The maximum Gasteiger partial charge on any atom is 0.170 e. The first-order valence-corrected chi connectivity index (χ1v) is 8.27. The van der Waals surface area contributed by atoms with Crippen molar-refractivity contribution in [1.29, 1.82) is 0 Å². The molecule has 3 nitrogen and oxygen atoms in total. The molecule has 1 atom stereocenters. The van der Waals surface area contributed by atoms with E-state index in [9.17, 15) is 13.9 Å². The Morgan fingerprint density at radius 1 is 1.20 bits per heavy atom. The van der Waals surface area contributed by atoms with Gasteiger partial charge in [0.1, 0.15) is 0 Å². The molecule has 0 aliphatic carbocycles. The zero-order chi connectivity index (χ0) is 18.2. The first kappa shape index (κ1) is 18.9. The van der Waals surface area contributed by atoms with Crippen molar-refractivity contribution < 1.29 is 13.9 Å². The van der Waals surface area contributed by atoms with E-state index in [2.05, 4.69) is 16.5 Å². The highest BCUT2D eigenvalue weighted by Gasteiger charge is 2.15. The summed E-state index contributed by atoms with van der Waals surface area (Å²) in [6.45, 7) is 5.36. The van der Waals surface area contributed by atoms with Crippen molar-refractivity contribution in [3.63, 3.8) is 0 Å². The van der Waals surface area contributed by atoms with E-state index in [1.54, 1.807) is 37.5 Å². The number of halogens is 2. The van der Waals surface area contributed by atoms with Crippen LogP contribution in [-0.4, -0.2) is 21.2 Å². The minimum Gasteiger partial charge on any atom is -0.393 e. The lowest BCUT2D eigenvalue weighted by molar-refractivity contribution is 0.182. The first-order valence-electron chi connectivity index (χ1n) is 8.27. The van der Waals surface area contributed by atoms with Crippen molar-refractivity contribution in [2.75, 3.05) is 0 Å². The van der Waals surface area contributed by atoms with Gasteiger partial charge < -0.3 is 5.11 Å². The number of hydrogen-bond acceptors (Lipinski definition) is 3. The second-order valence-corrected chi connectivity index (χ2v) is 5.92. The summed E-state index contributed by atoms with van der Waals surface area (Å²) in [4.78, 5) is 8.19. The molecule has 0 fully saturated rings. The van der Waals surface area contributed by atoms with Crippen LogP contribution < -0.4 is 0 Å². The lowest BCUT2D eigenvalue weighted by Crippen LogP contribution is -1.98. The van der Waals surface area contributed by atoms with Gasteiger partial charge in [-0.05, 0) is 44.2 Å². The number of hydrogen-bond donors (Lipinski definition) is 1.